The van der Waals surface area contributed by atoms with Gasteiger partial charge in [-0.25, -0.2) is 4.98 Å². The predicted molar refractivity (Wildman–Crippen MR) is 89.2 cm³/mol. The van der Waals surface area contributed by atoms with Crippen molar-refractivity contribution in [3.05, 3.63) is 26.6 Å². The van der Waals surface area contributed by atoms with Crippen LogP contribution < -0.4 is 5.56 Å². The molecule has 114 valence electrons. The number of aromatic amines is 1. The Hall–Kier alpha value is -1.34. The van der Waals surface area contributed by atoms with E-state index in [1.807, 2.05) is 20.8 Å². The molecule has 0 aliphatic carbocycles. The molecule has 1 amide bonds. The first-order valence-electron chi connectivity index (χ1n) is 6.63. The number of carbonyl (C=O) groups is 1. The van der Waals surface area contributed by atoms with E-state index in [0.29, 0.717) is 17.0 Å². The number of rotatable bonds is 4. The zero-order valence-electron chi connectivity index (χ0n) is 12.8. The second-order valence-corrected chi connectivity index (χ2v) is 7.69. The molecular formula is C14H19N3O2S2. The van der Waals surface area contributed by atoms with Crippen molar-refractivity contribution in [2.45, 2.75) is 31.8 Å². The summed E-state index contributed by atoms with van der Waals surface area (Å²) >= 11 is 3.01. The average molecular weight is 325 g/mol. The molecule has 0 aromatic carbocycles. The van der Waals surface area contributed by atoms with Crippen LogP contribution in [0.5, 0.6) is 0 Å². The van der Waals surface area contributed by atoms with Gasteiger partial charge in [0.1, 0.15) is 10.7 Å². The maximum absolute atomic E-state index is 12.1. The molecule has 0 fully saturated rings. The highest BCUT2D eigenvalue weighted by molar-refractivity contribution is 7.99. The van der Waals surface area contributed by atoms with Gasteiger partial charge in [-0.1, -0.05) is 0 Å². The molecule has 2 heterocycles. The van der Waals surface area contributed by atoms with Crippen LogP contribution in [-0.4, -0.2) is 40.1 Å². The van der Waals surface area contributed by atoms with E-state index in [2.05, 4.69) is 9.97 Å². The summed E-state index contributed by atoms with van der Waals surface area (Å²) in [6, 6.07) is 0. The van der Waals surface area contributed by atoms with Gasteiger partial charge in [0.15, 0.2) is 0 Å². The molecule has 5 nitrogen and oxygen atoms in total. The Morgan fingerprint density at radius 2 is 2.10 bits per heavy atom. The molecule has 2 aromatic rings. The maximum atomic E-state index is 12.1. The third-order valence-electron chi connectivity index (χ3n) is 3.35. The van der Waals surface area contributed by atoms with Gasteiger partial charge in [-0.05, 0) is 26.3 Å². The number of H-pyrrole nitrogens is 1. The molecule has 0 bridgehead atoms. The number of hydrogen-bond acceptors (Lipinski definition) is 5. The van der Waals surface area contributed by atoms with Gasteiger partial charge in [0.25, 0.3) is 5.56 Å². The molecule has 2 rings (SSSR count). The lowest BCUT2D eigenvalue weighted by Crippen LogP contribution is -2.29. The summed E-state index contributed by atoms with van der Waals surface area (Å²) in [4.78, 5) is 34.7. The molecule has 0 unspecified atom stereocenters. The zero-order chi connectivity index (χ0) is 15.7. The van der Waals surface area contributed by atoms with Crippen molar-refractivity contribution in [2.75, 3.05) is 14.1 Å². The van der Waals surface area contributed by atoms with E-state index in [0.717, 1.165) is 15.3 Å². The summed E-state index contributed by atoms with van der Waals surface area (Å²) in [7, 11) is 3.48. The van der Waals surface area contributed by atoms with Crippen LogP contribution in [0.1, 0.15) is 23.2 Å². The van der Waals surface area contributed by atoms with Crippen LogP contribution in [0.25, 0.3) is 10.2 Å². The summed E-state index contributed by atoms with van der Waals surface area (Å²) in [6.07, 6.45) is 0. The molecule has 1 N–H and O–H groups in total. The highest BCUT2D eigenvalue weighted by Crippen LogP contribution is 2.26. The third-order valence-corrected chi connectivity index (χ3v) is 5.59. The quantitative estimate of drug-likeness (QED) is 0.937. The number of amides is 1. The first-order chi connectivity index (χ1) is 9.81. The molecule has 7 heteroatoms. The minimum absolute atomic E-state index is 0.0613. The number of fused-ring (bicyclic) bond motifs is 1. The number of nitrogens with one attached hydrogen (secondary N) is 1. The average Bonchev–Trinajstić information content (AvgIpc) is 2.70. The smallest absolute Gasteiger partial charge is 0.259 e. The van der Waals surface area contributed by atoms with E-state index in [1.165, 1.54) is 23.1 Å². The minimum Gasteiger partial charge on any atom is -0.348 e. The third kappa shape index (κ3) is 3.29. The van der Waals surface area contributed by atoms with Crippen molar-refractivity contribution in [2.24, 2.45) is 0 Å². The van der Waals surface area contributed by atoms with Crippen molar-refractivity contribution < 1.29 is 4.79 Å². The van der Waals surface area contributed by atoms with Crippen LogP contribution >= 0.6 is 23.1 Å². The summed E-state index contributed by atoms with van der Waals surface area (Å²) in [5.41, 5.74) is 0.906. The fourth-order valence-corrected chi connectivity index (χ4v) is 3.95. The zero-order valence-corrected chi connectivity index (χ0v) is 14.4. The van der Waals surface area contributed by atoms with Crippen LogP contribution in [0, 0.1) is 13.8 Å². The molecule has 1 atom stereocenters. The normalized spacial score (nSPS) is 12.6. The van der Waals surface area contributed by atoms with Gasteiger partial charge in [0.05, 0.1) is 16.4 Å². The summed E-state index contributed by atoms with van der Waals surface area (Å²) in [5, 5.41) is 0.525. The van der Waals surface area contributed by atoms with Gasteiger partial charge >= 0.3 is 0 Å². The lowest BCUT2D eigenvalue weighted by atomic mass is 10.2. The van der Waals surface area contributed by atoms with Crippen molar-refractivity contribution in [3.63, 3.8) is 0 Å². The maximum Gasteiger partial charge on any atom is 0.259 e. The molecule has 0 aliphatic heterocycles. The van der Waals surface area contributed by atoms with Crippen LogP contribution in [0.2, 0.25) is 0 Å². The molecule has 21 heavy (non-hydrogen) atoms. The monoisotopic (exact) mass is 325 g/mol. The van der Waals surface area contributed by atoms with E-state index in [9.17, 15) is 9.59 Å². The fraction of sp³-hybridized carbons (Fsp3) is 0.500. The highest BCUT2D eigenvalue weighted by atomic mass is 32.2. The van der Waals surface area contributed by atoms with E-state index < -0.39 is 0 Å². The lowest BCUT2D eigenvalue weighted by Gasteiger charge is -2.15. The van der Waals surface area contributed by atoms with E-state index in [4.69, 9.17) is 0 Å². The van der Waals surface area contributed by atoms with Gasteiger partial charge in [0.2, 0.25) is 5.91 Å². The molecular weight excluding hydrogens is 306 g/mol. The SMILES string of the molecule is Cc1sc2nc(CS[C@H](C)C(=O)N(C)C)[nH]c(=O)c2c1C. The summed E-state index contributed by atoms with van der Waals surface area (Å²) in [5.74, 6) is 1.20. The number of carbonyl (C=O) groups excluding carboxylic acids is 1. The number of hydrogen-bond donors (Lipinski definition) is 1. The Kier molecular flexibility index (Phi) is 4.73. The lowest BCUT2D eigenvalue weighted by molar-refractivity contribution is -0.127. The van der Waals surface area contributed by atoms with Crippen molar-refractivity contribution >= 4 is 39.2 Å². The van der Waals surface area contributed by atoms with Crippen molar-refractivity contribution in [1.29, 1.82) is 0 Å². The Bertz CT molecular complexity index is 734. The van der Waals surface area contributed by atoms with Gasteiger partial charge in [-0.3, -0.25) is 9.59 Å². The first-order valence-corrected chi connectivity index (χ1v) is 8.49. The van der Waals surface area contributed by atoms with Gasteiger partial charge < -0.3 is 9.88 Å². The summed E-state index contributed by atoms with van der Waals surface area (Å²) < 4.78 is 0. The van der Waals surface area contributed by atoms with E-state index in [1.54, 1.807) is 19.0 Å². The molecule has 0 spiro atoms. The number of aryl methyl sites for hydroxylation is 2. The van der Waals surface area contributed by atoms with Crippen molar-refractivity contribution in [1.82, 2.24) is 14.9 Å². The largest absolute Gasteiger partial charge is 0.348 e. The van der Waals surface area contributed by atoms with Gasteiger partial charge in [-0.2, -0.15) is 0 Å². The second kappa shape index (κ2) is 6.19. The van der Waals surface area contributed by atoms with Crippen LogP contribution in [-0.2, 0) is 10.5 Å². The van der Waals surface area contributed by atoms with Crippen LogP contribution in [0.4, 0.5) is 0 Å². The number of thiophene rings is 1. The number of thioether (sulfide) groups is 1. The Morgan fingerprint density at radius 1 is 1.43 bits per heavy atom. The van der Waals surface area contributed by atoms with Gasteiger partial charge in [-0.15, -0.1) is 23.1 Å². The Labute approximate surface area is 131 Å². The topological polar surface area (TPSA) is 66.1 Å². The standard InChI is InChI=1S/C14H19N3O2S2/c1-7-8(2)21-13-11(7)12(18)15-10(16-13)6-20-9(3)14(19)17(4)5/h9H,6H2,1-5H3,(H,15,16,18)/t9-/m1/s1. The molecule has 0 saturated heterocycles. The minimum atomic E-state index is -0.159. The molecule has 0 radical (unpaired) electrons. The van der Waals surface area contributed by atoms with Crippen LogP contribution in [0.3, 0.4) is 0 Å². The first kappa shape index (κ1) is 16.0. The van der Waals surface area contributed by atoms with Gasteiger partial charge in [0, 0.05) is 19.0 Å². The molecule has 2 aromatic heterocycles. The van der Waals surface area contributed by atoms with Crippen LogP contribution in [0.15, 0.2) is 4.79 Å². The second-order valence-electron chi connectivity index (χ2n) is 5.16. The highest BCUT2D eigenvalue weighted by Gasteiger charge is 2.17. The Balaban J connectivity index is 2.21. The number of nitrogens with zero attached hydrogens (tertiary/aromatic N) is 2. The molecule has 0 saturated carbocycles. The van der Waals surface area contributed by atoms with E-state index in [-0.39, 0.29) is 16.7 Å². The van der Waals surface area contributed by atoms with E-state index >= 15 is 0 Å². The fourth-order valence-electron chi connectivity index (χ4n) is 2.01. The Morgan fingerprint density at radius 3 is 2.71 bits per heavy atom. The number of aromatic nitrogens is 2. The summed E-state index contributed by atoms with van der Waals surface area (Å²) in [6.45, 7) is 5.80. The van der Waals surface area contributed by atoms with Crippen molar-refractivity contribution in [3.8, 4) is 0 Å². The molecule has 0 aliphatic rings. The predicted octanol–water partition coefficient (Wildman–Crippen LogP) is 2.31.